The smallest absolute Gasteiger partial charge is 0.0632 e. The first kappa shape index (κ1) is 16.1. The van der Waals surface area contributed by atoms with Crippen LogP contribution in [0.25, 0.3) is 0 Å². The summed E-state index contributed by atoms with van der Waals surface area (Å²) in [7, 11) is 0. The van der Waals surface area contributed by atoms with Gasteiger partial charge in [-0.15, -0.1) is 19.3 Å². The number of hydrogen-bond acceptors (Lipinski definition) is 0. The molecule has 3 aromatic carbocycles. The summed E-state index contributed by atoms with van der Waals surface area (Å²) >= 11 is 0. The summed E-state index contributed by atoms with van der Waals surface area (Å²) in [6.07, 6.45) is 16.4. The second kappa shape index (κ2) is 7.19. The van der Waals surface area contributed by atoms with Crippen LogP contribution in [0.5, 0.6) is 0 Å². The minimum absolute atomic E-state index is 0.855. The van der Waals surface area contributed by atoms with Crippen LogP contribution in [-0.2, 0) is 0 Å². The van der Waals surface area contributed by atoms with Gasteiger partial charge < -0.3 is 0 Å². The molecule has 0 aliphatic heterocycles. The summed E-state index contributed by atoms with van der Waals surface area (Å²) in [6, 6.07) is 23.9. The van der Waals surface area contributed by atoms with Crippen molar-refractivity contribution < 1.29 is 0 Å². The Bertz CT molecular complexity index is 844. The first-order valence-electron chi connectivity index (χ1n) is 7.83. The zero-order valence-electron chi connectivity index (χ0n) is 13.7. The maximum Gasteiger partial charge on any atom is 0.0632 e. The summed E-state index contributed by atoms with van der Waals surface area (Å²) in [4.78, 5) is 0. The lowest BCUT2D eigenvalue weighted by Crippen LogP contribution is -2.04. The molecule has 0 heteroatoms. The van der Waals surface area contributed by atoms with Crippen molar-refractivity contribution in [1.29, 1.82) is 0 Å². The van der Waals surface area contributed by atoms with Gasteiger partial charge in [-0.05, 0) is 72.8 Å². The second-order valence-corrected chi connectivity index (χ2v) is 5.54. The molecule has 0 atom stereocenters. The van der Waals surface area contributed by atoms with E-state index in [0.29, 0.717) is 0 Å². The lowest BCUT2D eigenvalue weighted by molar-refractivity contribution is 1.22. The van der Waals surface area contributed by atoms with Crippen LogP contribution < -0.4 is 0 Å². The van der Waals surface area contributed by atoms with Gasteiger partial charge in [-0.25, -0.2) is 0 Å². The maximum absolute atomic E-state index is 5.47. The summed E-state index contributed by atoms with van der Waals surface area (Å²) in [6.45, 7) is 0. The summed E-state index contributed by atoms with van der Waals surface area (Å²) in [5, 5.41) is 0. The van der Waals surface area contributed by atoms with Crippen LogP contribution in [0.3, 0.4) is 0 Å². The van der Waals surface area contributed by atoms with Gasteiger partial charge in [0.05, 0.1) is 22.6 Å². The highest BCUT2D eigenvalue weighted by Crippen LogP contribution is 2.31. The summed E-state index contributed by atoms with van der Waals surface area (Å²) in [5.74, 6) is 9.05. The van der Waals surface area contributed by atoms with Crippen molar-refractivity contribution in [3.63, 3.8) is 0 Å². The van der Waals surface area contributed by atoms with Gasteiger partial charge in [-0.3, -0.25) is 0 Å². The van der Waals surface area contributed by atoms with E-state index >= 15 is 0 Å². The molecule has 0 spiro atoms. The normalized spacial score (nSPS) is 9.48. The Morgan fingerprint density at radius 3 is 0.880 bits per heavy atom. The van der Waals surface area contributed by atoms with E-state index in [1.165, 1.54) is 0 Å². The van der Waals surface area contributed by atoms with Gasteiger partial charge >= 0.3 is 0 Å². The van der Waals surface area contributed by atoms with E-state index in [4.69, 9.17) is 19.3 Å². The molecule has 0 aliphatic rings. The van der Waals surface area contributed by atoms with Gasteiger partial charge in [0.15, 0.2) is 0 Å². The van der Waals surface area contributed by atoms with E-state index in [0.717, 1.165) is 39.3 Å². The molecule has 114 valence electrons. The van der Waals surface area contributed by atoms with Crippen molar-refractivity contribution in [3.8, 4) is 37.0 Å². The van der Waals surface area contributed by atoms with Crippen molar-refractivity contribution in [1.82, 2.24) is 0 Å². The Morgan fingerprint density at radius 1 is 0.440 bits per heavy atom. The van der Waals surface area contributed by atoms with Crippen molar-refractivity contribution >= 4 is 0 Å². The Balaban J connectivity index is 2.10. The van der Waals surface area contributed by atoms with Crippen LogP contribution >= 0.6 is 0 Å². The molecule has 0 aromatic heterocycles. The van der Waals surface area contributed by atoms with Crippen molar-refractivity contribution in [2.45, 2.75) is 0 Å². The van der Waals surface area contributed by atoms with Crippen LogP contribution in [0.1, 0.15) is 33.4 Å². The molecule has 0 saturated carbocycles. The fraction of sp³-hybridized carbons (Fsp3) is 0. The molecular formula is C25H15+. The first-order valence-corrected chi connectivity index (χ1v) is 7.83. The molecule has 0 nitrogen and oxygen atoms in total. The fourth-order valence-corrected chi connectivity index (χ4v) is 2.70. The van der Waals surface area contributed by atoms with Crippen molar-refractivity contribution in [3.05, 3.63) is 112 Å². The molecule has 0 heterocycles. The van der Waals surface area contributed by atoms with Gasteiger partial charge in [0.25, 0.3) is 0 Å². The van der Waals surface area contributed by atoms with Gasteiger partial charge in [-0.1, -0.05) is 17.8 Å². The van der Waals surface area contributed by atoms with E-state index in [-0.39, 0.29) is 0 Å². The predicted octanol–water partition coefficient (Wildman–Crippen LogP) is 4.65. The zero-order valence-corrected chi connectivity index (χ0v) is 13.7. The number of hydrogen-bond donors (Lipinski definition) is 0. The minimum atomic E-state index is 0.855. The van der Waals surface area contributed by atoms with Crippen LogP contribution in [0.2, 0.25) is 0 Å². The van der Waals surface area contributed by atoms with Crippen LogP contribution in [-0.4, -0.2) is 0 Å². The van der Waals surface area contributed by atoms with Gasteiger partial charge in [0, 0.05) is 16.7 Å². The first-order chi connectivity index (χ1) is 12.2. The van der Waals surface area contributed by atoms with E-state index in [1.54, 1.807) is 0 Å². The summed E-state index contributed by atoms with van der Waals surface area (Å²) < 4.78 is 0. The number of benzene rings is 3. The van der Waals surface area contributed by atoms with Gasteiger partial charge in [-0.2, -0.15) is 0 Å². The topological polar surface area (TPSA) is 0 Å². The Labute approximate surface area is 149 Å². The lowest BCUT2D eigenvalue weighted by Gasteiger charge is -2.13. The second-order valence-electron chi connectivity index (χ2n) is 5.54. The molecule has 0 amide bonds. The molecule has 0 aliphatic carbocycles. The van der Waals surface area contributed by atoms with E-state index in [2.05, 4.69) is 17.8 Å². The summed E-state index contributed by atoms with van der Waals surface area (Å²) in [5.41, 5.74) is 5.82. The van der Waals surface area contributed by atoms with Crippen LogP contribution in [0.15, 0.2) is 72.8 Å². The highest BCUT2D eigenvalue weighted by molar-refractivity contribution is 5.59. The standard InChI is InChI=1S/C25H15/c1-4-19-7-13-22(14-8-19)25(23-15-9-20(5-2)10-16-23)24-17-11-21(6-3)12-18-24/h1-3,7-18H/q+1. The average molecular weight is 315 g/mol. The Hall–Kier alpha value is -3.79. The number of rotatable bonds is 3. The molecule has 0 N–H and O–H groups in total. The predicted molar refractivity (Wildman–Crippen MR) is 104 cm³/mol. The lowest BCUT2D eigenvalue weighted by atomic mass is 9.84. The highest BCUT2D eigenvalue weighted by atomic mass is 14.2. The molecule has 0 bridgehead atoms. The van der Waals surface area contributed by atoms with Crippen molar-refractivity contribution in [2.75, 3.05) is 0 Å². The maximum atomic E-state index is 5.47. The third kappa shape index (κ3) is 3.43. The SMILES string of the molecule is C#Cc1ccc([C+](c2ccc(C#C)cc2)c2ccc(C#C)cc2)cc1. The fourth-order valence-electron chi connectivity index (χ4n) is 2.70. The van der Waals surface area contributed by atoms with Gasteiger partial charge in [0.1, 0.15) is 0 Å². The van der Waals surface area contributed by atoms with Crippen LogP contribution in [0.4, 0.5) is 0 Å². The van der Waals surface area contributed by atoms with Gasteiger partial charge in [0.2, 0.25) is 0 Å². The molecule has 3 aromatic rings. The molecule has 0 saturated heterocycles. The largest absolute Gasteiger partial charge is 0.115 e. The molecule has 0 unspecified atom stereocenters. The Morgan fingerprint density at radius 2 is 0.680 bits per heavy atom. The quantitative estimate of drug-likeness (QED) is 0.375. The third-order valence-corrected chi connectivity index (χ3v) is 4.02. The van der Waals surface area contributed by atoms with E-state index < -0.39 is 0 Å². The number of terminal acetylenes is 3. The molecule has 3 rings (SSSR count). The highest BCUT2D eigenvalue weighted by Gasteiger charge is 2.22. The minimum Gasteiger partial charge on any atom is -0.115 e. The monoisotopic (exact) mass is 315 g/mol. The van der Waals surface area contributed by atoms with E-state index in [9.17, 15) is 0 Å². The molecule has 25 heavy (non-hydrogen) atoms. The van der Waals surface area contributed by atoms with Crippen molar-refractivity contribution in [2.24, 2.45) is 0 Å². The Kier molecular flexibility index (Phi) is 4.62. The molecular weight excluding hydrogens is 300 g/mol. The average Bonchev–Trinajstić information content (AvgIpc) is 2.70. The van der Waals surface area contributed by atoms with Crippen LogP contribution in [0, 0.1) is 42.9 Å². The molecule has 0 fully saturated rings. The van der Waals surface area contributed by atoms with E-state index in [1.807, 2.05) is 72.8 Å². The molecule has 0 radical (unpaired) electrons. The third-order valence-electron chi connectivity index (χ3n) is 4.02. The zero-order chi connectivity index (χ0) is 17.6.